The van der Waals surface area contributed by atoms with E-state index >= 15 is 0 Å². The van der Waals surface area contributed by atoms with Gasteiger partial charge in [0.1, 0.15) is 11.3 Å². The van der Waals surface area contributed by atoms with Crippen LogP contribution in [0.1, 0.15) is 21.7 Å². The molecule has 0 saturated carbocycles. The second-order valence-corrected chi connectivity index (χ2v) is 4.34. The van der Waals surface area contributed by atoms with Crippen molar-refractivity contribution in [2.24, 2.45) is 7.05 Å². The molecule has 16 heavy (non-hydrogen) atoms. The summed E-state index contributed by atoms with van der Waals surface area (Å²) in [5, 5.41) is 5.44. The van der Waals surface area contributed by atoms with E-state index in [0.717, 1.165) is 17.0 Å². The zero-order valence-corrected chi connectivity index (χ0v) is 10.0. The Labute approximate surface area is 96.9 Å². The lowest BCUT2D eigenvalue weighted by Crippen LogP contribution is -1.93. The van der Waals surface area contributed by atoms with Crippen LogP contribution in [-0.4, -0.2) is 21.1 Å². The summed E-state index contributed by atoms with van der Waals surface area (Å²) < 4.78 is 6.88. The smallest absolute Gasteiger partial charge is 0.262 e. The summed E-state index contributed by atoms with van der Waals surface area (Å²) in [7, 11) is 1.79. The average molecular weight is 237 g/mol. The minimum atomic E-state index is 0.517. The van der Waals surface area contributed by atoms with Gasteiger partial charge in [-0.25, -0.2) is 4.98 Å². The third kappa shape index (κ3) is 1.88. The van der Waals surface area contributed by atoms with Gasteiger partial charge in [-0.2, -0.15) is 5.10 Å². The van der Waals surface area contributed by atoms with Gasteiger partial charge in [0.05, 0.1) is 17.0 Å². The number of rotatable bonds is 3. The quantitative estimate of drug-likeness (QED) is 0.764. The molecule has 0 N–H and O–H groups in total. The number of carbonyl (C=O) groups excluding carboxylic acids is 1. The lowest BCUT2D eigenvalue weighted by molar-refractivity contribution is 0.112. The Balaban J connectivity index is 2.37. The number of carbonyl (C=O) groups is 1. The van der Waals surface area contributed by atoms with E-state index in [0.29, 0.717) is 16.5 Å². The highest BCUT2D eigenvalue weighted by Crippen LogP contribution is 2.29. The number of aryl methyl sites for hydroxylation is 3. The number of nitrogens with zero attached hydrogens (tertiary/aromatic N) is 3. The van der Waals surface area contributed by atoms with Gasteiger partial charge in [-0.3, -0.25) is 9.48 Å². The molecule has 5 nitrogen and oxygen atoms in total. The lowest BCUT2D eigenvalue weighted by atomic mass is 10.3. The predicted octanol–water partition coefficient (Wildman–Crippen LogP) is 1.99. The molecular formula is C10H11N3O2S. The summed E-state index contributed by atoms with van der Waals surface area (Å²) in [4.78, 5) is 15.1. The fraction of sp³-hybridized carbons (Fsp3) is 0.300. The van der Waals surface area contributed by atoms with Crippen LogP contribution in [0, 0.1) is 13.8 Å². The van der Waals surface area contributed by atoms with Crippen molar-refractivity contribution in [3.63, 3.8) is 0 Å². The topological polar surface area (TPSA) is 60.9 Å². The van der Waals surface area contributed by atoms with Crippen molar-refractivity contribution in [1.29, 1.82) is 0 Å². The molecule has 2 rings (SSSR count). The summed E-state index contributed by atoms with van der Waals surface area (Å²) in [5.41, 5.74) is 2.11. The van der Waals surface area contributed by atoms with Crippen LogP contribution in [0.15, 0.2) is 20.9 Å². The highest BCUT2D eigenvalue weighted by atomic mass is 32.2. The van der Waals surface area contributed by atoms with Crippen molar-refractivity contribution in [2.75, 3.05) is 0 Å². The number of aromatic nitrogens is 3. The van der Waals surface area contributed by atoms with E-state index < -0.39 is 0 Å². The Kier molecular flexibility index (Phi) is 2.82. The molecule has 0 aliphatic rings. The van der Waals surface area contributed by atoms with Gasteiger partial charge >= 0.3 is 0 Å². The van der Waals surface area contributed by atoms with Crippen LogP contribution >= 0.6 is 11.8 Å². The van der Waals surface area contributed by atoms with Gasteiger partial charge in [0, 0.05) is 7.05 Å². The molecule has 84 valence electrons. The van der Waals surface area contributed by atoms with Crippen molar-refractivity contribution in [3.8, 4) is 0 Å². The molecular weight excluding hydrogens is 226 g/mol. The number of hydrogen-bond donors (Lipinski definition) is 0. The van der Waals surface area contributed by atoms with Gasteiger partial charge < -0.3 is 4.42 Å². The molecule has 2 heterocycles. The van der Waals surface area contributed by atoms with E-state index in [1.54, 1.807) is 24.9 Å². The predicted molar refractivity (Wildman–Crippen MR) is 58.7 cm³/mol. The number of aldehydes is 1. The number of oxazole rings is 1. The summed E-state index contributed by atoms with van der Waals surface area (Å²) in [6.45, 7) is 3.65. The Morgan fingerprint density at radius 2 is 2.25 bits per heavy atom. The molecule has 0 spiro atoms. The van der Waals surface area contributed by atoms with Crippen LogP contribution in [0.4, 0.5) is 0 Å². The first-order valence-electron chi connectivity index (χ1n) is 4.70. The first-order chi connectivity index (χ1) is 7.61. The van der Waals surface area contributed by atoms with Crippen LogP contribution in [0.25, 0.3) is 0 Å². The zero-order valence-electron chi connectivity index (χ0n) is 9.22. The maximum absolute atomic E-state index is 10.9. The largest absolute Gasteiger partial charge is 0.439 e. The molecule has 0 aliphatic carbocycles. The monoisotopic (exact) mass is 237 g/mol. The third-order valence-corrected chi connectivity index (χ3v) is 3.15. The minimum Gasteiger partial charge on any atom is -0.439 e. The minimum absolute atomic E-state index is 0.517. The van der Waals surface area contributed by atoms with E-state index in [1.165, 1.54) is 11.8 Å². The summed E-state index contributed by atoms with van der Waals surface area (Å²) in [5.74, 6) is 0. The summed E-state index contributed by atoms with van der Waals surface area (Å²) in [6, 6.07) is 0. The SMILES string of the molecule is Cc1coc(Sc2c(C=O)c(C)nn2C)n1. The van der Waals surface area contributed by atoms with Crippen LogP contribution in [-0.2, 0) is 7.05 Å². The molecule has 6 heteroatoms. The second kappa shape index (κ2) is 4.13. The summed E-state index contributed by atoms with van der Waals surface area (Å²) >= 11 is 1.30. The zero-order chi connectivity index (χ0) is 11.7. The fourth-order valence-corrected chi connectivity index (χ4v) is 2.30. The van der Waals surface area contributed by atoms with Gasteiger partial charge in [0.15, 0.2) is 6.29 Å². The van der Waals surface area contributed by atoms with Gasteiger partial charge in [0.25, 0.3) is 5.22 Å². The van der Waals surface area contributed by atoms with E-state index in [-0.39, 0.29) is 0 Å². The highest BCUT2D eigenvalue weighted by Gasteiger charge is 2.16. The third-order valence-electron chi connectivity index (χ3n) is 2.11. The molecule has 0 bridgehead atoms. The Morgan fingerprint density at radius 1 is 1.50 bits per heavy atom. The molecule has 0 radical (unpaired) electrons. The molecule has 0 fully saturated rings. The van der Waals surface area contributed by atoms with E-state index in [2.05, 4.69) is 10.1 Å². The van der Waals surface area contributed by atoms with Crippen molar-refractivity contribution in [1.82, 2.24) is 14.8 Å². The molecule has 0 saturated heterocycles. The van der Waals surface area contributed by atoms with E-state index in [9.17, 15) is 4.79 Å². The first kappa shape index (κ1) is 10.9. The normalized spacial score (nSPS) is 10.7. The van der Waals surface area contributed by atoms with Crippen LogP contribution in [0.2, 0.25) is 0 Å². The Hall–Kier alpha value is -1.56. The first-order valence-corrected chi connectivity index (χ1v) is 5.52. The molecule has 0 aromatic carbocycles. The average Bonchev–Trinajstić information content (AvgIpc) is 2.73. The fourth-order valence-electron chi connectivity index (χ4n) is 1.37. The Bertz CT molecular complexity index is 530. The van der Waals surface area contributed by atoms with E-state index in [1.807, 2.05) is 6.92 Å². The standard InChI is InChI=1S/C10H11N3O2S/c1-6-5-15-10(11-6)16-9-8(4-14)7(2)12-13(9)3/h4-5H,1-3H3. The van der Waals surface area contributed by atoms with Gasteiger partial charge in [-0.15, -0.1) is 0 Å². The van der Waals surface area contributed by atoms with Crippen LogP contribution < -0.4 is 0 Å². The number of hydrogen-bond acceptors (Lipinski definition) is 5. The van der Waals surface area contributed by atoms with Crippen LogP contribution in [0.3, 0.4) is 0 Å². The maximum atomic E-state index is 10.9. The van der Waals surface area contributed by atoms with Gasteiger partial charge in [-0.1, -0.05) is 0 Å². The molecule has 0 aliphatic heterocycles. The Morgan fingerprint density at radius 3 is 2.81 bits per heavy atom. The second-order valence-electron chi connectivity index (χ2n) is 3.40. The van der Waals surface area contributed by atoms with Crippen molar-refractivity contribution >= 4 is 18.0 Å². The molecule has 0 amide bonds. The van der Waals surface area contributed by atoms with E-state index in [4.69, 9.17) is 4.42 Å². The van der Waals surface area contributed by atoms with Gasteiger partial charge in [0.2, 0.25) is 0 Å². The van der Waals surface area contributed by atoms with Gasteiger partial charge in [-0.05, 0) is 25.6 Å². The van der Waals surface area contributed by atoms with Crippen molar-refractivity contribution in [3.05, 3.63) is 23.2 Å². The van der Waals surface area contributed by atoms with Crippen molar-refractivity contribution in [2.45, 2.75) is 24.1 Å². The highest BCUT2D eigenvalue weighted by molar-refractivity contribution is 7.99. The lowest BCUT2D eigenvalue weighted by Gasteiger charge is -1.97. The molecule has 2 aromatic rings. The molecule has 0 atom stereocenters. The molecule has 2 aromatic heterocycles. The van der Waals surface area contributed by atoms with Crippen molar-refractivity contribution < 1.29 is 9.21 Å². The van der Waals surface area contributed by atoms with Crippen LogP contribution in [0.5, 0.6) is 0 Å². The maximum Gasteiger partial charge on any atom is 0.262 e. The molecule has 0 unspecified atom stereocenters. The summed E-state index contributed by atoms with van der Waals surface area (Å²) in [6.07, 6.45) is 2.38.